The zero-order valence-electron chi connectivity index (χ0n) is 24.4. The van der Waals surface area contributed by atoms with Crippen LogP contribution >= 0.6 is 11.6 Å². The summed E-state index contributed by atoms with van der Waals surface area (Å²) in [6.07, 6.45) is 0.961. The third-order valence-electron chi connectivity index (χ3n) is 6.96. The van der Waals surface area contributed by atoms with E-state index in [1.54, 1.807) is 19.1 Å². The molecule has 3 aromatic carbocycles. The monoisotopic (exact) mass is 617 g/mol. The number of rotatable bonds is 13. The highest BCUT2D eigenvalue weighted by molar-refractivity contribution is 7.92. The van der Waals surface area contributed by atoms with Gasteiger partial charge < -0.3 is 15.0 Å². The van der Waals surface area contributed by atoms with Gasteiger partial charge in [0.1, 0.15) is 24.2 Å². The number of sulfonamides is 1. The molecule has 2 amide bonds. The fraction of sp³-hybridized carbons (Fsp3) is 0.355. The van der Waals surface area contributed by atoms with Crippen molar-refractivity contribution in [1.82, 2.24) is 10.2 Å². The summed E-state index contributed by atoms with van der Waals surface area (Å²) in [5.41, 5.74) is 1.60. The highest BCUT2D eigenvalue weighted by atomic mass is 35.5. The predicted molar refractivity (Wildman–Crippen MR) is 163 cm³/mol. The van der Waals surface area contributed by atoms with Crippen molar-refractivity contribution < 1.29 is 27.1 Å². The minimum Gasteiger partial charge on any atom is -0.495 e. The van der Waals surface area contributed by atoms with E-state index in [-0.39, 0.29) is 40.5 Å². The molecule has 2 unspecified atom stereocenters. The van der Waals surface area contributed by atoms with Crippen LogP contribution in [0.25, 0.3) is 0 Å². The van der Waals surface area contributed by atoms with Crippen LogP contribution < -0.4 is 14.4 Å². The molecule has 11 heteroatoms. The molecular weight excluding hydrogens is 581 g/mol. The van der Waals surface area contributed by atoms with Crippen LogP contribution in [0.2, 0.25) is 5.02 Å². The van der Waals surface area contributed by atoms with Crippen molar-refractivity contribution in [1.29, 1.82) is 0 Å². The highest BCUT2D eigenvalue weighted by Crippen LogP contribution is 2.32. The third-order valence-corrected chi connectivity index (χ3v) is 9.05. The molecule has 0 bridgehead atoms. The van der Waals surface area contributed by atoms with Crippen LogP contribution in [0.15, 0.2) is 71.6 Å². The molecule has 0 spiro atoms. The Morgan fingerprint density at radius 1 is 1.00 bits per heavy atom. The van der Waals surface area contributed by atoms with Crippen LogP contribution in [-0.2, 0) is 26.2 Å². The van der Waals surface area contributed by atoms with E-state index in [2.05, 4.69) is 5.32 Å². The van der Waals surface area contributed by atoms with Crippen molar-refractivity contribution in [3.8, 4) is 5.75 Å². The topological polar surface area (TPSA) is 96.0 Å². The standard InChI is InChI=1S/C31H37ClFN3O5S/c1-6-22(4)34-31(38)28(7-2)35(19-23-10-12-24(33)13-11-23)30(37)20-36(25-14-17-29(41-5)27(32)18-25)42(39,40)26-15-8-21(3)9-16-26/h8-18,22,28H,6-7,19-20H2,1-5H3,(H,34,38). The van der Waals surface area contributed by atoms with E-state index < -0.39 is 34.3 Å². The van der Waals surface area contributed by atoms with Gasteiger partial charge in [0.15, 0.2) is 0 Å². The molecule has 3 rings (SSSR count). The Bertz CT molecular complexity index is 1480. The summed E-state index contributed by atoms with van der Waals surface area (Å²) in [6.45, 7) is 6.75. The van der Waals surface area contributed by atoms with Gasteiger partial charge in [-0.2, -0.15) is 0 Å². The van der Waals surface area contributed by atoms with Crippen LogP contribution in [0, 0.1) is 12.7 Å². The van der Waals surface area contributed by atoms with E-state index in [0.29, 0.717) is 17.7 Å². The van der Waals surface area contributed by atoms with E-state index in [4.69, 9.17) is 16.3 Å². The Morgan fingerprint density at radius 3 is 2.19 bits per heavy atom. The molecule has 0 aliphatic heterocycles. The van der Waals surface area contributed by atoms with Gasteiger partial charge in [0, 0.05) is 12.6 Å². The van der Waals surface area contributed by atoms with Crippen molar-refractivity contribution >= 4 is 39.1 Å². The summed E-state index contributed by atoms with van der Waals surface area (Å²) in [7, 11) is -2.82. The maximum absolute atomic E-state index is 14.1. The normalized spacial score (nSPS) is 12.7. The summed E-state index contributed by atoms with van der Waals surface area (Å²) in [5, 5.41) is 3.08. The maximum atomic E-state index is 14.1. The summed E-state index contributed by atoms with van der Waals surface area (Å²) in [4.78, 5) is 28.8. The average molecular weight is 618 g/mol. The average Bonchev–Trinajstić information content (AvgIpc) is 2.96. The predicted octanol–water partition coefficient (Wildman–Crippen LogP) is 5.71. The Labute approximate surface area is 252 Å². The Morgan fingerprint density at radius 2 is 1.64 bits per heavy atom. The first-order chi connectivity index (χ1) is 19.9. The van der Waals surface area contributed by atoms with E-state index >= 15 is 0 Å². The van der Waals surface area contributed by atoms with Gasteiger partial charge in [0.05, 0.1) is 22.7 Å². The third kappa shape index (κ3) is 8.01. The molecule has 0 heterocycles. The second kappa shape index (κ2) is 14.5. The first-order valence-corrected chi connectivity index (χ1v) is 15.5. The fourth-order valence-corrected chi connectivity index (χ4v) is 5.98. The fourth-order valence-electron chi connectivity index (χ4n) is 4.32. The second-order valence-electron chi connectivity index (χ2n) is 10.0. The molecule has 42 heavy (non-hydrogen) atoms. The van der Waals surface area contributed by atoms with Gasteiger partial charge in [-0.05, 0) is 74.7 Å². The maximum Gasteiger partial charge on any atom is 0.264 e. The van der Waals surface area contributed by atoms with Gasteiger partial charge in [0.25, 0.3) is 10.0 Å². The summed E-state index contributed by atoms with van der Waals surface area (Å²) in [5.74, 6) is -1.08. The number of benzene rings is 3. The molecule has 0 aliphatic carbocycles. The molecule has 1 N–H and O–H groups in total. The van der Waals surface area contributed by atoms with Gasteiger partial charge in [0.2, 0.25) is 11.8 Å². The number of halogens is 2. The molecule has 2 atom stereocenters. The van der Waals surface area contributed by atoms with E-state index in [1.807, 2.05) is 20.8 Å². The number of carbonyl (C=O) groups excluding carboxylic acids is 2. The SMILES string of the molecule is CCC(C)NC(=O)C(CC)N(Cc1ccc(F)cc1)C(=O)CN(c1ccc(OC)c(Cl)c1)S(=O)(=O)c1ccc(C)cc1. The molecule has 0 saturated heterocycles. The number of aryl methyl sites for hydroxylation is 1. The number of hydrogen-bond donors (Lipinski definition) is 1. The summed E-state index contributed by atoms with van der Waals surface area (Å²) in [6, 6.07) is 15.3. The van der Waals surface area contributed by atoms with Crippen LogP contribution in [0.3, 0.4) is 0 Å². The number of ether oxygens (including phenoxy) is 1. The Kier molecular flexibility index (Phi) is 11.4. The number of hydrogen-bond acceptors (Lipinski definition) is 5. The number of nitrogens with zero attached hydrogens (tertiary/aromatic N) is 2. The lowest BCUT2D eigenvalue weighted by molar-refractivity contribution is -0.140. The largest absolute Gasteiger partial charge is 0.495 e. The first-order valence-electron chi connectivity index (χ1n) is 13.7. The van der Waals surface area contributed by atoms with E-state index in [1.165, 1.54) is 66.6 Å². The lowest BCUT2D eigenvalue weighted by Gasteiger charge is -2.33. The van der Waals surface area contributed by atoms with E-state index in [9.17, 15) is 22.4 Å². The number of anilines is 1. The van der Waals surface area contributed by atoms with Crippen LogP contribution in [0.5, 0.6) is 5.75 Å². The molecule has 8 nitrogen and oxygen atoms in total. The minimum atomic E-state index is -4.25. The number of amides is 2. The smallest absolute Gasteiger partial charge is 0.264 e. The van der Waals surface area contributed by atoms with Gasteiger partial charge in [-0.25, -0.2) is 12.8 Å². The number of carbonyl (C=O) groups is 2. The van der Waals surface area contributed by atoms with Crippen molar-refractivity contribution in [2.24, 2.45) is 0 Å². The molecule has 226 valence electrons. The highest BCUT2D eigenvalue weighted by Gasteiger charge is 2.34. The van der Waals surface area contributed by atoms with Gasteiger partial charge in [-0.3, -0.25) is 13.9 Å². The lowest BCUT2D eigenvalue weighted by atomic mass is 10.1. The molecule has 0 aliphatic rings. The van der Waals surface area contributed by atoms with Crippen LogP contribution in [0.1, 0.15) is 44.7 Å². The van der Waals surface area contributed by atoms with Gasteiger partial charge in [-0.15, -0.1) is 0 Å². The van der Waals surface area contributed by atoms with Gasteiger partial charge >= 0.3 is 0 Å². The van der Waals surface area contributed by atoms with Crippen molar-refractivity contribution in [3.05, 3.63) is 88.7 Å². The minimum absolute atomic E-state index is 0.0144. The summed E-state index contributed by atoms with van der Waals surface area (Å²) < 4.78 is 47.8. The molecule has 0 radical (unpaired) electrons. The van der Waals surface area contributed by atoms with Gasteiger partial charge in [-0.1, -0.05) is 55.3 Å². The number of nitrogens with one attached hydrogen (secondary N) is 1. The summed E-state index contributed by atoms with van der Waals surface area (Å²) >= 11 is 6.36. The Hall–Kier alpha value is -3.63. The first kappa shape index (κ1) is 32.9. The second-order valence-corrected chi connectivity index (χ2v) is 12.3. The van der Waals surface area contributed by atoms with Crippen LogP contribution in [0.4, 0.5) is 10.1 Å². The zero-order chi connectivity index (χ0) is 31.0. The quantitative estimate of drug-likeness (QED) is 0.265. The van der Waals surface area contributed by atoms with Crippen molar-refractivity contribution in [3.63, 3.8) is 0 Å². The van der Waals surface area contributed by atoms with Crippen LogP contribution in [-0.4, -0.2) is 50.9 Å². The Balaban J connectivity index is 2.09. The molecule has 0 fully saturated rings. The molecular formula is C31H37ClFN3O5S. The van der Waals surface area contributed by atoms with Crippen molar-refractivity contribution in [2.45, 2.75) is 64.1 Å². The van der Waals surface area contributed by atoms with E-state index in [0.717, 1.165) is 9.87 Å². The zero-order valence-corrected chi connectivity index (χ0v) is 26.0. The molecule has 0 aromatic heterocycles. The molecule has 3 aromatic rings. The van der Waals surface area contributed by atoms with Crippen molar-refractivity contribution in [2.75, 3.05) is 18.0 Å². The molecule has 0 saturated carbocycles. The lowest BCUT2D eigenvalue weighted by Crippen LogP contribution is -2.53. The number of methoxy groups -OCH3 is 1.